The Morgan fingerprint density at radius 2 is 1.59 bits per heavy atom. The molecule has 2 aromatic carbocycles. The highest BCUT2D eigenvalue weighted by molar-refractivity contribution is 5.89. The molecule has 1 unspecified atom stereocenters. The average Bonchev–Trinajstić information content (AvgIpc) is 2.84. The Labute approximate surface area is 199 Å². The van der Waals surface area contributed by atoms with Gasteiger partial charge in [0.05, 0.1) is 0 Å². The van der Waals surface area contributed by atoms with Gasteiger partial charge in [-0.05, 0) is 29.2 Å². The summed E-state index contributed by atoms with van der Waals surface area (Å²) < 4.78 is 14.0. The number of carbonyl (C=O) groups excluding carboxylic acids is 3. The van der Waals surface area contributed by atoms with Crippen molar-refractivity contribution in [1.82, 2.24) is 14.7 Å². The van der Waals surface area contributed by atoms with E-state index >= 15 is 0 Å². The molecule has 8 heteroatoms. The van der Waals surface area contributed by atoms with Gasteiger partial charge in [-0.3, -0.25) is 14.4 Å². The van der Waals surface area contributed by atoms with Crippen LogP contribution in [0, 0.1) is 5.82 Å². The van der Waals surface area contributed by atoms with Gasteiger partial charge < -0.3 is 20.4 Å². The van der Waals surface area contributed by atoms with Crippen molar-refractivity contribution < 1.29 is 18.8 Å². The number of fused-ring (bicyclic) bond motifs is 1. The van der Waals surface area contributed by atoms with Crippen molar-refractivity contribution in [3.05, 3.63) is 71.0 Å². The van der Waals surface area contributed by atoms with Gasteiger partial charge in [0.15, 0.2) is 0 Å². The van der Waals surface area contributed by atoms with Crippen molar-refractivity contribution in [3.8, 4) is 0 Å². The van der Waals surface area contributed by atoms with Crippen molar-refractivity contribution in [2.75, 3.05) is 26.2 Å². The number of nitrogens with zero attached hydrogens (tertiary/aromatic N) is 3. The van der Waals surface area contributed by atoms with E-state index in [0.717, 1.165) is 11.1 Å². The van der Waals surface area contributed by atoms with Crippen LogP contribution in [0.3, 0.4) is 0 Å². The minimum absolute atomic E-state index is 0.000613. The Morgan fingerprint density at radius 1 is 0.971 bits per heavy atom. The Hall–Kier alpha value is -3.26. The monoisotopic (exact) mass is 466 g/mol. The Balaban J connectivity index is 1.48. The molecule has 2 aromatic rings. The van der Waals surface area contributed by atoms with Gasteiger partial charge in [-0.25, -0.2) is 4.39 Å². The first-order chi connectivity index (χ1) is 16.3. The summed E-state index contributed by atoms with van der Waals surface area (Å²) in [5, 5.41) is 0. The van der Waals surface area contributed by atoms with Gasteiger partial charge in [0, 0.05) is 58.5 Å². The molecular weight excluding hydrogens is 435 g/mol. The maximum absolute atomic E-state index is 14.0. The first-order valence-corrected chi connectivity index (χ1v) is 11.7. The smallest absolute Gasteiger partial charge is 0.245 e. The van der Waals surface area contributed by atoms with E-state index in [-0.39, 0.29) is 36.4 Å². The van der Waals surface area contributed by atoms with Crippen LogP contribution in [0.2, 0.25) is 0 Å². The van der Waals surface area contributed by atoms with Crippen molar-refractivity contribution in [1.29, 1.82) is 0 Å². The van der Waals surface area contributed by atoms with Crippen LogP contribution in [0.1, 0.15) is 30.0 Å². The number of hydrogen-bond donors (Lipinski definition) is 1. The molecule has 1 saturated heterocycles. The molecule has 4 rings (SSSR count). The first kappa shape index (κ1) is 23.9. The first-order valence-electron chi connectivity index (χ1n) is 11.7. The summed E-state index contributed by atoms with van der Waals surface area (Å²) in [6, 6.07) is 13.1. The van der Waals surface area contributed by atoms with Crippen molar-refractivity contribution in [2.24, 2.45) is 5.73 Å². The van der Waals surface area contributed by atoms with Crippen molar-refractivity contribution >= 4 is 17.7 Å². The van der Waals surface area contributed by atoms with Crippen molar-refractivity contribution in [2.45, 2.75) is 44.8 Å². The number of benzene rings is 2. The van der Waals surface area contributed by atoms with Gasteiger partial charge >= 0.3 is 0 Å². The van der Waals surface area contributed by atoms with E-state index < -0.39 is 12.1 Å². The van der Waals surface area contributed by atoms with Gasteiger partial charge in [-0.1, -0.05) is 42.5 Å². The molecule has 7 nitrogen and oxygen atoms in total. The maximum atomic E-state index is 14.0. The van der Waals surface area contributed by atoms with Gasteiger partial charge in [0.25, 0.3) is 0 Å². The fourth-order valence-corrected chi connectivity index (χ4v) is 4.82. The van der Waals surface area contributed by atoms with E-state index in [4.69, 9.17) is 5.73 Å². The zero-order valence-electron chi connectivity index (χ0n) is 19.5. The fraction of sp³-hybridized carbons (Fsp3) is 0.423. The quantitative estimate of drug-likeness (QED) is 0.727. The molecule has 0 radical (unpaired) electrons. The van der Waals surface area contributed by atoms with Crippen LogP contribution in [-0.2, 0) is 33.8 Å². The van der Waals surface area contributed by atoms with Crippen LogP contribution >= 0.6 is 0 Å². The lowest BCUT2D eigenvalue weighted by Gasteiger charge is -2.41. The van der Waals surface area contributed by atoms with Gasteiger partial charge in [0.1, 0.15) is 11.9 Å². The van der Waals surface area contributed by atoms with E-state index in [0.29, 0.717) is 44.7 Å². The second-order valence-electron chi connectivity index (χ2n) is 9.10. The van der Waals surface area contributed by atoms with Crippen LogP contribution in [0.4, 0.5) is 4.39 Å². The number of amides is 3. The summed E-state index contributed by atoms with van der Waals surface area (Å²) in [7, 11) is 0. The van der Waals surface area contributed by atoms with Gasteiger partial charge in [-0.15, -0.1) is 0 Å². The lowest BCUT2D eigenvalue weighted by molar-refractivity contribution is -0.149. The molecule has 2 aliphatic rings. The molecule has 1 fully saturated rings. The number of piperazine rings is 1. The molecule has 2 aliphatic heterocycles. The van der Waals surface area contributed by atoms with E-state index in [2.05, 4.69) is 0 Å². The Morgan fingerprint density at radius 3 is 2.26 bits per heavy atom. The number of nitrogens with two attached hydrogens (primary N) is 1. The fourth-order valence-electron chi connectivity index (χ4n) is 4.82. The Bertz CT molecular complexity index is 1070. The lowest BCUT2D eigenvalue weighted by atomic mass is 9.92. The minimum Gasteiger partial charge on any atom is -0.339 e. The van der Waals surface area contributed by atoms with Crippen LogP contribution in [0.5, 0.6) is 0 Å². The zero-order valence-corrected chi connectivity index (χ0v) is 19.5. The normalized spacial score (nSPS) is 18.9. The van der Waals surface area contributed by atoms with E-state index in [1.807, 2.05) is 24.3 Å². The highest BCUT2D eigenvalue weighted by Gasteiger charge is 2.38. The summed E-state index contributed by atoms with van der Waals surface area (Å²) in [6.45, 7) is 3.75. The molecule has 0 bridgehead atoms. The number of rotatable bonds is 5. The standard InChI is InChI=1S/C26H31FN4O3/c1-18(32)29-10-12-30(13-11-29)26(34)24-15-19-6-2-3-8-21(19)17-31(24)25(33)16-22(28)14-20-7-4-5-9-23(20)27/h2-9,22,24H,10-17,28H2,1H3/t22?,24-/m0/s1. The Kier molecular flexibility index (Phi) is 7.26. The molecule has 3 amide bonds. The van der Waals surface area contributed by atoms with Crippen molar-refractivity contribution in [3.63, 3.8) is 0 Å². The largest absolute Gasteiger partial charge is 0.339 e. The molecule has 0 aromatic heterocycles. The van der Waals surface area contributed by atoms with Crippen LogP contribution in [-0.4, -0.2) is 70.7 Å². The van der Waals surface area contributed by atoms with Gasteiger partial charge in [0.2, 0.25) is 17.7 Å². The molecule has 0 saturated carbocycles. The number of halogens is 1. The molecule has 0 aliphatic carbocycles. The van der Waals surface area contributed by atoms with Crippen LogP contribution in [0.15, 0.2) is 48.5 Å². The third-order valence-electron chi connectivity index (χ3n) is 6.77. The molecular formula is C26H31FN4O3. The van der Waals surface area contributed by atoms with Crippen LogP contribution < -0.4 is 5.73 Å². The predicted molar refractivity (Wildman–Crippen MR) is 126 cm³/mol. The molecule has 2 atom stereocenters. The third-order valence-corrected chi connectivity index (χ3v) is 6.77. The topological polar surface area (TPSA) is 87.0 Å². The summed E-state index contributed by atoms with van der Waals surface area (Å²) in [5.41, 5.74) is 8.79. The summed E-state index contributed by atoms with van der Waals surface area (Å²) in [6.07, 6.45) is 0.711. The highest BCUT2D eigenvalue weighted by Crippen LogP contribution is 2.26. The number of carbonyl (C=O) groups is 3. The average molecular weight is 467 g/mol. The third kappa shape index (κ3) is 5.28. The molecule has 2 N–H and O–H groups in total. The lowest BCUT2D eigenvalue weighted by Crippen LogP contribution is -2.58. The maximum Gasteiger partial charge on any atom is 0.245 e. The predicted octanol–water partition coefficient (Wildman–Crippen LogP) is 1.73. The van der Waals surface area contributed by atoms with E-state index in [1.165, 1.54) is 13.0 Å². The van der Waals surface area contributed by atoms with E-state index in [9.17, 15) is 18.8 Å². The molecule has 180 valence electrons. The molecule has 2 heterocycles. The van der Waals surface area contributed by atoms with E-state index in [1.54, 1.807) is 32.9 Å². The SMILES string of the molecule is CC(=O)N1CCN(C(=O)[C@@H]2Cc3ccccc3CN2C(=O)CC(N)Cc2ccccc2F)CC1. The highest BCUT2D eigenvalue weighted by atomic mass is 19.1. The zero-order chi connectivity index (χ0) is 24.2. The summed E-state index contributed by atoms with van der Waals surface area (Å²) in [4.78, 5) is 43.6. The summed E-state index contributed by atoms with van der Waals surface area (Å²) >= 11 is 0. The van der Waals surface area contributed by atoms with Gasteiger partial charge in [-0.2, -0.15) is 0 Å². The second kappa shape index (κ2) is 10.3. The number of hydrogen-bond acceptors (Lipinski definition) is 4. The van der Waals surface area contributed by atoms with Crippen LogP contribution in [0.25, 0.3) is 0 Å². The molecule has 34 heavy (non-hydrogen) atoms. The summed E-state index contributed by atoms with van der Waals surface area (Å²) in [5.74, 6) is -0.651. The minimum atomic E-state index is -0.619. The molecule has 0 spiro atoms. The second-order valence-corrected chi connectivity index (χ2v) is 9.10.